The van der Waals surface area contributed by atoms with E-state index < -0.39 is 0 Å². The number of benzene rings is 1. The summed E-state index contributed by atoms with van der Waals surface area (Å²) in [5.41, 5.74) is 2.81. The van der Waals surface area contributed by atoms with Crippen LogP contribution in [0.3, 0.4) is 0 Å². The summed E-state index contributed by atoms with van der Waals surface area (Å²) in [6.45, 7) is 4.94. The molecule has 2 heterocycles. The van der Waals surface area contributed by atoms with Gasteiger partial charge in [0.1, 0.15) is 0 Å². The minimum Gasteiger partial charge on any atom is -0.338 e. The molecule has 1 atom stereocenters. The lowest BCUT2D eigenvalue weighted by atomic mass is 9.97. The van der Waals surface area contributed by atoms with Gasteiger partial charge in [-0.3, -0.25) is 9.59 Å². The third kappa shape index (κ3) is 3.24. The quantitative estimate of drug-likeness (QED) is 0.923. The fraction of sp³-hybridized carbons (Fsp3) is 0.556. The molecular formula is C18H25N3O2. The first-order chi connectivity index (χ1) is 11.1. The third-order valence-corrected chi connectivity index (χ3v) is 4.90. The summed E-state index contributed by atoms with van der Waals surface area (Å²) in [5.74, 6) is 0.726. The fourth-order valence-electron chi connectivity index (χ4n) is 3.75. The maximum atomic E-state index is 12.8. The number of nitrogens with zero attached hydrogens (tertiary/aromatic N) is 2. The lowest BCUT2D eigenvalue weighted by Gasteiger charge is -2.33. The van der Waals surface area contributed by atoms with Crippen molar-refractivity contribution in [3.8, 4) is 0 Å². The average Bonchev–Trinajstić information content (AvgIpc) is 2.98. The van der Waals surface area contributed by atoms with E-state index in [0.29, 0.717) is 5.92 Å². The Bertz CT molecular complexity index is 612. The van der Waals surface area contributed by atoms with Crippen LogP contribution < -0.4 is 10.2 Å². The van der Waals surface area contributed by atoms with E-state index in [1.807, 2.05) is 30.1 Å². The smallest absolute Gasteiger partial charge is 0.253 e. The average molecular weight is 315 g/mol. The normalized spacial score (nSPS) is 20.5. The van der Waals surface area contributed by atoms with Gasteiger partial charge in [0.2, 0.25) is 5.91 Å². The molecule has 23 heavy (non-hydrogen) atoms. The Kier molecular flexibility index (Phi) is 4.66. The van der Waals surface area contributed by atoms with Crippen LogP contribution in [0.15, 0.2) is 18.2 Å². The highest BCUT2D eigenvalue weighted by Gasteiger charge is 2.27. The molecule has 0 spiro atoms. The Labute approximate surface area is 137 Å². The Morgan fingerprint density at radius 1 is 1.30 bits per heavy atom. The van der Waals surface area contributed by atoms with Gasteiger partial charge < -0.3 is 15.1 Å². The van der Waals surface area contributed by atoms with Crippen molar-refractivity contribution in [2.75, 3.05) is 38.1 Å². The number of fused-ring (bicyclic) bond motifs is 1. The van der Waals surface area contributed by atoms with E-state index in [4.69, 9.17) is 0 Å². The SMILES string of the molecule is CNCC1CCCN(C(=O)c2ccc3c(c2)CCN3C(C)=O)C1. The Hall–Kier alpha value is -1.88. The van der Waals surface area contributed by atoms with Crippen LogP contribution in [0.1, 0.15) is 35.7 Å². The van der Waals surface area contributed by atoms with Crippen molar-refractivity contribution in [3.05, 3.63) is 29.3 Å². The molecule has 2 aliphatic rings. The molecule has 3 rings (SSSR count). The molecule has 1 aromatic carbocycles. The Morgan fingerprint density at radius 2 is 2.13 bits per heavy atom. The fourth-order valence-corrected chi connectivity index (χ4v) is 3.75. The molecule has 1 aromatic rings. The summed E-state index contributed by atoms with van der Waals surface area (Å²) in [6.07, 6.45) is 3.09. The first kappa shape index (κ1) is 16.0. The predicted octanol–water partition coefficient (Wildman–Crippen LogP) is 1.67. The highest BCUT2D eigenvalue weighted by atomic mass is 16.2. The van der Waals surface area contributed by atoms with Crippen LogP contribution in [0.2, 0.25) is 0 Å². The van der Waals surface area contributed by atoms with Gasteiger partial charge in [-0.1, -0.05) is 0 Å². The molecule has 1 unspecified atom stereocenters. The number of likely N-dealkylation sites (tertiary alicyclic amines) is 1. The van der Waals surface area contributed by atoms with Gasteiger partial charge in [0, 0.05) is 37.8 Å². The summed E-state index contributed by atoms with van der Waals surface area (Å²) < 4.78 is 0. The summed E-state index contributed by atoms with van der Waals surface area (Å²) >= 11 is 0. The first-order valence-corrected chi connectivity index (χ1v) is 8.45. The van der Waals surface area contributed by atoms with Gasteiger partial charge in [-0.15, -0.1) is 0 Å². The van der Waals surface area contributed by atoms with E-state index in [-0.39, 0.29) is 11.8 Å². The van der Waals surface area contributed by atoms with Gasteiger partial charge in [-0.25, -0.2) is 0 Å². The minimum atomic E-state index is 0.0637. The second kappa shape index (κ2) is 6.71. The van der Waals surface area contributed by atoms with Gasteiger partial charge in [-0.05, 0) is 62.5 Å². The number of rotatable bonds is 3. The molecule has 124 valence electrons. The van der Waals surface area contributed by atoms with Crippen LogP contribution in [-0.2, 0) is 11.2 Å². The molecule has 2 amide bonds. The van der Waals surface area contributed by atoms with Crippen molar-refractivity contribution in [2.24, 2.45) is 5.92 Å². The molecule has 1 N–H and O–H groups in total. The summed E-state index contributed by atoms with van der Waals surface area (Å²) in [7, 11) is 1.96. The zero-order valence-corrected chi connectivity index (χ0v) is 14.0. The number of carbonyl (C=O) groups is 2. The second-order valence-corrected chi connectivity index (χ2v) is 6.58. The maximum absolute atomic E-state index is 12.8. The second-order valence-electron chi connectivity index (χ2n) is 6.58. The van der Waals surface area contributed by atoms with E-state index >= 15 is 0 Å². The van der Waals surface area contributed by atoms with Crippen molar-refractivity contribution in [1.82, 2.24) is 10.2 Å². The van der Waals surface area contributed by atoms with Gasteiger partial charge in [0.15, 0.2) is 0 Å². The number of piperidine rings is 1. The Morgan fingerprint density at radius 3 is 2.87 bits per heavy atom. The van der Waals surface area contributed by atoms with Crippen LogP contribution in [0.5, 0.6) is 0 Å². The largest absolute Gasteiger partial charge is 0.338 e. The van der Waals surface area contributed by atoms with Crippen molar-refractivity contribution in [2.45, 2.75) is 26.2 Å². The number of nitrogens with one attached hydrogen (secondary N) is 1. The van der Waals surface area contributed by atoms with Crippen molar-refractivity contribution in [1.29, 1.82) is 0 Å². The van der Waals surface area contributed by atoms with Crippen LogP contribution in [0, 0.1) is 5.92 Å². The summed E-state index contributed by atoms with van der Waals surface area (Å²) in [6, 6.07) is 5.76. The predicted molar refractivity (Wildman–Crippen MR) is 90.7 cm³/mol. The number of carbonyl (C=O) groups excluding carboxylic acids is 2. The monoisotopic (exact) mass is 315 g/mol. The topological polar surface area (TPSA) is 52.7 Å². The summed E-state index contributed by atoms with van der Waals surface area (Å²) in [4.78, 5) is 28.2. The van der Waals surface area contributed by atoms with E-state index in [9.17, 15) is 9.59 Å². The summed E-state index contributed by atoms with van der Waals surface area (Å²) in [5, 5.41) is 3.21. The molecule has 2 aliphatic heterocycles. The lowest BCUT2D eigenvalue weighted by molar-refractivity contribution is -0.116. The molecule has 5 nitrogen and oxygen atoms in total. The van der Waals surface area contributed by atoms with Crippen molar-refractivity contribution in [3.63, 3.8) is 0 Å². The number of hydrogen-bond donors (Lipinski definition) is 1. The third-order valence-electron chi connectivity index (χ3n) is 4.90. The van der Waals surface area contributed by atoms with Crippen LogP contribution in [-0.4, -0.2) is 49.9 Å². The van der Waals surface area contributed by atoms with E-state index in [1.165, 1.54) is 6.42 Å². The molecular weight excluding hydrogens is 290 g/mol. The molecule has 1 fully saturated rings. The molecule has 0 bridgehead atoms. The zero-order valence-electron chi connectivity index (χ0n) is 14.0. The standard InChI is InChI=1S/C18H25N3O2/c1-13(22)21-9-7-15-10-16(5-6-17(15)21)18(23)20-8-3-4-14(12-20)11-19-2/h5-6,10,14,19H,3-4,7-9,11-12H2,1-2H3. The maximum Gasteiger partial charge on any atom is 0.253 e. The lowest BCUT2D eigenvalue weighted by Crippen LogP contribution is -2.42. The van der Waals surface area contributed by atoms with Gasteiger partial charge in [0.25, 0.3) is 5.91 Å². The number of anilines is 1. The van der Waals surface area contributed by atoms with Crippen molar-refractivity contribution < 1.29 is 9.59 Å². The molecule has 0 aliphatic carbocycles. The number of hydrogen-bond acceptors (Lipinski definition) is 3. The van der Waals surface area contributed by atoms with Gasteiger partial charge in [-0.2, -0.15) is 0 Å². The molecule has 0 radical (unpaired) electrons. The van der Waals surface area contributed by atoms with Crippen LogP contribution in [0.4, 0.5) is 5.69 Å². The molecule has 0 saturated carbocycles. The van der Waals surface area contributed by atoms with Gasteiger partial charge >= 0.3 is 0 Å². The Balaban J connectivity index is 1.75. The van der Waals surface area contributed by atoms with Crippen LogP contribution >= 0.6 is 0 Å². The van der Waals surface area contributed by atoms with Gasteiger partial charge in [0.05, 0.1) is 0 Å². The van der Waals surface area contributed by atoms with Crippen molar-refractivity contribution >= 4 is 17.5 Å². The van der Waals surface area contributed by atoms with E-state index in [1.54, 1.807) is 11.8 Å². The van der Waals surface area contributed by atoms with E-state index in [0.717, 1.165) is 55.8 Å². The van der Waals surface area contributed by atoms with Crippen LogP contribution in [0.25, 0.3) is 0 Å². The first-order valence-electron chi connectivity index (χ1n) is 8.45. The molecule has 5 heteroatoms. The zero-order chi connectivity index (χ0) is 16.4. The highest BCUT2D eigenvalue weighted by Crippen LogP contribution is 2.29. The van der Waals surface area contributed by atoms with E-state index in [2.05, 4.69) is 5.32 Å². The number of amides is 2. The minimum absolute atomic E-state index is 0.0637. The highest BCUT2D eigenvalue weighted by molar-refractivity contribution is 5.97. The molecule has 1 saturated heterocycles. The molecule has 0 aromatic heterocycles.